The minimum absolute atomic E-state index is 0.0816. The summed E-state index contributed by atoms with van der Waals surface area (Å²) in [6.45, 7) is 7.29. The number of carbonyl (C=O) groups excluding carboxylic acids is 2. The molecule has 0 saturated carbocycles. The number of aliphatic hydroxyl groups is 1. The number of aliphatic hydroxyl groups excluding tert-OH is 1. The predicted molar refractivity (Wildman–Crippen MR) is 117 cm³/mol. The van der Waals surface area contributed by atoms with Gasteiger partial charge >= 0.3 is 0 Å². The monoisotopic (exact) mass is 427 g/mol. The number of nitrogens with zero attached hydrogens (tertiary/aromatic N) is 3. The van der Waals surface area contributed by atoms with Gasteiger partial charge in [-0.05, 0) is 62.0 Å². The van der Waals surface area contributed by atoms with Gasteiger partial charge in [0.15, 0.2) is 0 Å². The van der Waals surface area contributed by atoms with Gasteiger partial charge in [0, 0.05) is 29.5 Å². The molecule has 1 amide bonds. The van der Waals surface area contributed by atoms with E-state index >= 15 is 0 Å². The minimum atomic E-state index is -0.681. The van der Waals surface area contributed by atoms with E-state index in [0.717, 1.165) is 26.1 Å². The second-order valence-corrected chi connectivity index (χ2v) is 7.60. The summed E-state index contributed by atoms with van der Waals surface area (Å²) in [7, 11) is 0. The molecule has 1 aliphatic heterocycles. The first-order valence-corrected chi connectivity index (χ1v) is 10.5. The summed E-state index contributed by atoms with van der Waals surface area (Å²) in [6, 6.07) is 9.43. The van der Waals surface area contributed by atoms with Crippen LogP contribution in [0.25, 0.3) is 5.76 Å². The minimum Gasteiger partial charge on any atom is -0.507 e. The topological polar surface area (TPSA) is 73.7 Å². The van der Waals surface area contributed by atoms with Gasteiger partial charge in [-0.3, -0.25) is 14.6 Å². The standard InChI is InChI=1S/C23H26ClN3O3/c1-3-26(4-2)13-6-14-27-20(17-7-5-12-25-15-17)19(22(29)23(27)30)21(28)16-8-10-18(24)11-9-16/h5,7-12,15,20,28H,3-4,6,13-14H2,1-2H3/t20-/m0/s1. The van der Waals surface area contributed by atoms with E-state index in [-0.39, 0.29) is 11.3 Å². The van der Waals surface area contributed by atoms with Gasteiger partial charge < -0.3 is 14.9 Å². The molecule has 0 aliphatic carbocycles. The van der Waals surface area contributed by atoms with Gasteiger partial charge in [0.25, 0.3) is 11.7 Å². The highest BCUT2D eigenvalue weighted by Crippen LogP contribution is 2.39. The van der Waals surface area contributed by atoms with E-state index in [9.17, 15) is 14.7 Å². The van der Waals surface area contributed by atoms with Crippen molar-refractivity contribution in [3.05, 3.63) is 70.5 Å². The number of pyridine rings is 1. The fourth-order valence-electron chi connectivity index (χ4n) is 3.76. The van der Waals surface area contributed by atoms with Crippen molar-refractivity contribution in [3.8, 4) is 0 Å². The van der Waals surface area contributed by atoms with E-state index in [0.29, 0.717) is 22.7 Å². The van der Waals surface area contributed by atoms with Crippen molar-refractivity contribution in [2.75, 3.05) is 26.2 Å². The Morgan fingerprint density at radius 1 is 1.17 bits per heavy atom. The molecule has 2 aromatic rings. The van der Waals surface area contributed by atoms with Crippen LogP contribution in [0.4, 0.5) is 0 Å². The van der Waals surface area contributed by atoms with E-state index in [4.69, 9.17) is 11.6 Å². The largest absolute Gasteiger partial charge is 0.507 e. The third kappa shape index (κ3) is 4.55. The first-order chi connectivity index (χ1) is 14.5. The van der Waals surface area contributed by atoms with E-state index in [1.807, 2.05) is 6.07 Å². The normalized spacial score (nSPS) is 18.4. The highest BCUT2D eigenvalue weighted by Gasteiger charge is 2.45. The maximum Gasteiger partial charge on any atom is 0.295 e. The summed E-state index contributed by atoms with van der Waals surface area (Å²) in [5.74, 6) is -1.48. The molecule has 0 spiro atoms. The van der Waals surface area contributed by atoms with Crippen LogP contribution in [0.15, 0.2) is 54.4 Å². The van der Waals surface area contributed by atoms with Crippen LogP contribution < -0.4 is 0 Å². The third-order valence-electron chi connectivity index (χ3n) is 5.43. The van der Waals surface area contributed by atoms with Gasteiger partial charge in [0.05, 0.1) is 11.6 Å². The zero-order valence-electron chi connectivity index (χ0n) is 17.2. The number of hydrogen-bond donors (Lipinski definition) is 1. The maximum atomic E-state index is 12.9. The molecule has 6 nitrogen and oxygen atoms in total. The Morgan fingerprint density at radius 3 is 2.47 bits per heavy atom. The highest BCUT2D eigenvalue weighted by molar-refractivity contribution is 6.46. The van der Waals surface area contributed by atoms with Crippen LogP contribution in [0.5, 0.6) is 0 Å². The summed E-state index contributed by atoms with van der Waals surface area (Å²) in [5, 5.41) is 11.5. The zero-order chi connectivity index (χ0) is 21.7. The molecule has 30 heavy (non-hydrogen) atoms. The van der Waals surface area contributed by atoms with Crippen LogP contribution in [-0.2, 0) is 9.59 Å². The fourth-order valence-corrected chi connectivity index (χ4v) is 3.89. The van der Waals surface area contributed by atoms with Crippen molar-refractivity contribution in [3.63, 3.8) is 0 Å². The van der Waals surface area contributed by atoms with Crippen molar-refractivity contribution in [1.29, 1.82) is 0 Å². The molecule has 0 unspecified atom stereocenters. The lowest BCUT2D eigenvalue weighted by Crippen LogP contribution is -2.33. The summed E-state index contributed by atoms with van der Waals surface area (Å²) >= 11 is 5.94. The van der Waals surface area contributed by atoms with Gasteiger partial charge in [-0.15, -0.1) is 0 Å². The van der Waals surface area contributed by atoms with E-state index in [1.54, 1.807) is 47.6 Å². The molecular weight excluding hydrogens is 402 g/mol. The molecule has 2 heterocycles. The Labute approximate surface area is 181 Å². The average Bonchev–Trinajstić information content (AvgIpc) is 3.02. The molecule has 3 rings (SSSR count). The van der Waals surface area contributed by atoms with Gasteiger partial charge in [-0.1, -0.05) is 31.5 Å². The lowest BCUT2D eigenvalue weighted by atomic mass is 9.96. The highest BCUT2D eigenvalue weighted by atomic mass is 35.5. The Morgan fingerprint density at radius 2 is 1.87 bits per heavy atom. The Bertz CT molecular complexity index is 924. The first kappa shape index (κ1) is 22.0. The molecule has 1 fully saturated rings. The first-order valence-electron chi connectivity index (χ1n) is 10.1. The fraction of sp³-hybridized carbons (Fsp3) is 0.348. The molecule has 1 atom stereocenters. The molecule has 158 valence electrons. The maximum absolute atomic E-state index is 12.9. The van der Waals surface area contributed by atoms with Gasteiger partial charge in [-0.2, -0.15) is 0 Å². The van der Waals surface area contributed by atoms with E-state index in [2.05, 4.69) is 23.7 Å². The van der Waals surface area contributed by atoms with Crippen molar-refractivity contribution in [2.45, 2.75) is 26.3 Å². The number of likely N-dealkylation sites (tertiary alicyclic amines) is 1. The van der Waals surface area contributed by atoms with E-state index in [1.165, 1.54) is 0 Å². The molecule has 1 aromatic carbocycles. The smallest absolute Gasteiger partial charge is 0.295 e. The number of amides is 1. The molecule has 1 N–H and O–H groups in total. The lowest BCUT2D eigenvalue weighted by molar-refractivity contribution is -0.140. The summed E-state index contributed by atoms with van der Waals surface area (Å²) in [4.78, 5) is 33.8. The summed E-state index contributed by atoms with van der Waals surface area (Å²) in [6.07, 6.45) is 3.99. The number of halogens is 1. The number of benzene rings is 1. The van der Waals surface area contributed by atoms with Crippen molar-refractivity contribution in [2.24, 2.45) is 0 Å². The molecule has 0 bridgehead atoms. The quantitative estimate of drug-likeness (QED) is 0.393. The molecule has 1 aliphatic rings. The molecular formula is C23H26ClN3O3. The number of rotatable bonds is 8. The van der Waals surface area contributed by atoms with E-state index < -0.39 is 17.7 Å². The van der Waals surface area contributed by atoms with Crippen LogP contribution in [0.1, 0.15) is 37.4 Å². The Balaban J connectivity index is 1.99. The van der Waals surface area contributed by atoms with Crippen LogP contribution in [0.3, 0.4) is 0 Å². The van der Waals surface area contributed by atoms with Crippen LogP contribution >= 0.6 is 11.6 Å². The molecule has 1 aromatic heterocycles. The number of aromatic nitrogens is 1. The van der Waals surface area contributed by atoms with Gasteiger partial charge in [0.2, 0.25) is 0 Å². The second kappa shape index (κ2) is 9.87. The SMILES string of the molecule is CCN(CC)CCCN1C(=O)C(=O)C(=C(O)c2ccc(Cl)cc2)[C@@H]1c1cccnc1. The number of Topliss-reactive ketones (excluding diaryl/α,β-unsaturated/α-hetero) is 1. The number of carbonyl (C=O) groups is 2. The van der Waals surface area contributed by atoms with Crippen LogP contribution in [0.2, 0.25) is 5.02 Å². The average molecular weight is 428 g/mol. The van der Waals surface area contributed by atoms with Crippen molar-refractivity contribution in [1.82, 2.24) is 14.8 Å². The Kier molecular flexibility index (Phi) is 7.24. The predicted octanol–water partition coefficient (Wildman–Crippen LogP) is 3.89. The van der Waals surface area contributed by atoms with Gasteiger partial charge in [-0.25, -0.2) is 0 Å². The van der Waals surface area contributed by atoms with Crippen LogP contribution in [-0.4, -0.2) is 57.8 Å². The number of ketones is 1. The zero-order valence-corrected chi connectivity index (χ0v) is 18.0. The molecule has 0 radical (unpaired) electrons. The summed E-state index contributed by atoms with van der Waals surface area (Å²) < 4.78 is 0. The second-order valence-electron chi connectivity index (χ2n) is 7.17. The van der Waals surface area contributed by atoms with Gasteiger partial charge in [0.1, 0.15) is 5.76 Å². The molecule has 1 saturated heterocycles. The van der Waals surface area contributed by atoms with Crippen molar-refractivity contribution < 1.29 is 14.7 Å². The van der Waals surface area contributed by atoms with Crippen molar-refractivity contribution >= 4 is 29.1 Å². The number of hydrogen-bond acceptors (Lipinski definition) is 5. The summed E-state index contributed by atoms with van der Waals surface area (Å²) in [5.41, 5.74) is 1.21. The lowest BCUT2D eigenvalue weighted by Gasteiger charge is -2.26. The van der Waals surface area contributed by atoms with Crippen LogP contribution in [0, 0.1) is 0 Å². The third-order valence-corrected chi connectivity index (χ3v) is 5.68. The molecule has 7 heteroatoms. The Hall–Kier alpha value is -2.70.